The highest BCUT2D eigenvalue weighted by Crippen LogP contribution is 2.35. The molecule has 1 saturated carbocycles. The lowest BCUT2D eigenvalue weighted by atomic mass is 9.91. The van der Waals surface area contributed by atoms with Crippen molar-refractivity contribution in [3.63, 3.8) is 0 Å². The Morgan fingerprint density at radius 2 is 1.94 bits per heavy atom. The van der Waals surface area contributed by atoms with Crippen LogP contribution in [0, 0.1) is 6.92 Å². The number of fused-ring (bicyclic) bond motifs is 1. The van der Waals surface area contributed by atoms with E-state index in [1.54, 1.807) is 0 Å². The van der Waals surface area contributed by atoms with Crippen molar-refractivity contribution < 1.29 is 9.90 Å². The Labute approximate surface area is 108 Å². The summed E-state index contributed by atoms with van der Waals surface area (Å²) in [7, 11) is 0. The molecule has 1 aromatic heterocycles. The van der Waals surface area contributed by atoms with Gasteiger partial charge in [0.25, 0.3) is 0 Å². The quantitative estimate of drug-likeness (QED) is 0.829. The fraction of sp³-hybridized carbons (Fsp3) is 0.667. The molecule has 0 radical (unpaired) electrons. The molecule has 2 aliphatic carbocycles. The van der Waals surface area contributed by atoms with Gasteiger partial charge in [-0.05, 0) is 51.5 Å². The molecule has 0 aromatic carbocycles. The van der Waals surface area contributed by atoms with E-state index < -0.39 is 0 Å². The summed E-state index contributed by atoms with van der Waals surface area (Å²) >= 11 is 0. The van der Waals surface area contributed by atoms with E-state index in [1.165, 1.54) is 11.4 Å². The molecule has 0 unspecified atom stereocenters. The van der Waals surface area contributed by atoms with E-state index in [4.69, 9.17) is 0 Å². The average Bonchev–Trinajstić information content (AvgIpc) is 2.69. The summed E-state index contributed by atoms with van der Waals surface area (Å²) in [4.78, 5) is 11.9. The second-order valence-electron chi connectivity index (χ2n) is 5.76. The molecule has 3 heteroatoms. The first-order chi connectivity index (χ1) is 8.66. The van der Waals surface area contributed by atoms with Crippen LogP contribution in [0.3, 0.4) is 0 Å². The molecule has 3 nitrogen and oxygen atoms in total. The van der Waals surface area contributed by atoms with Crippen molar-refractivity contribution in [2.75, 3.05) is 0 Å². The largest absolute Gasteiger partial charge is 0.393 e. The SMILES string of the molecule is Cc1cc2c(n1C1CCC(O)CC1)CCCC2=O. The molecule has 98 valence electrons. The van der Waals surface area contributed by atoms with Gasteiger partial charge in [0.2, 0.25) is 0 Å². The molecule has 0 atom stereocenters. The number of hydrogen-bond acceptors (Lipinski definition) is 2. The zero-order chi connectivity index (χ0) is 12.7. The predicted molar refractivity (Wildman–Crippen MR) is 69.9 cm³/mol. The van der Waals surface area contributed by atoms with E-state index in [1.807, 2.05) is 0 Å². The lowest BCUT2D eigenvalue weighted by Crippen LogP contribution is -2.24. The summed E-state index contributed by atoms with van der Waals surface area (Å²) in [6, 6.07) is 2.56. The number of carbonyl (C=O) groups excluding carboxylic acids is 1. The van der Waals surface area contributed by atoms with Crippen LogP contribution in [0.15, 0.2) is 6.07 Å². The van der Waals surface area contributed by atoms with Crippen LogP contribution in [0.25, 0.3) is 0 Å². The average molecular weight is 247 g/mol. The Bertz CT molecular complexity index is 467. The topological polar surface area (TPSA) is 42.2 Å². The lowest BCUT2D eigenvalue weighted by molar-refractivity contribution is 0.0966. The molecular weight excluding hydrogens is 226 g/mol. The molecule has 18 heavy (non-hydrogen) atoms. The molecule has 2 aliphatic rings. The summed E-state index contributed by atoms with van der Waals surface area (Å²) in [6.45, 7) is 2.11. The Morgan fingerprint density at radius 3 is 2.67 bits per heavy atom. The van der Waals surface area contributed by atoms with Gasteiger partial charge >= 0.3 is 0 Å². The minimum atomic E-state index is -0.116. The molecule has 1 aromatic rings. The zero-order valence-electron chi connectivity index (χ0n) is 11.0. The number of aliphatic hydroxyl groups is 1. The monoisotopic (exact) mass is 247 g/mol. The van der Waals surface area contributed by atoms with E-state index >= 15 is 0 Å². The minimum absolute atomic E-state index is 0.116. The second kappa shape index (κ2) is 4.54. The molecule has 0 spiro atoms. The van der Waals surface area contributed by atoms with Crippen molar-refractivity contribution in [1.29, 1.82) is 0 Å². The third kappa shape index (κ3) is 1.91. The molecule has 1 fully saturated rings. The van der Waals surface area contributed by atoms with Crippen molar-refractivity contribution in [1.82, 2.24) is 4.57 Å². The lowest BCUT2D eigenvalue weighted by Gasteiger charge is -2.30. The number of aryl methyl sites for hydroxylation is 1. The summed E-state index contributed by atoms with van der Waals surface area (Å²) in [6.07, 6.45) is 6.48. The number of aliphatic hydroxyl groups excluding tert-OH is 1. The van der Waals surface area contributed by atoms with Gasteiger partial charge in [-0.1, -0.05) is 0 Å². The molecule has 0 saturated heterocycles. The number of hydrogen-bond donors (Lipinski definition) is 1. The van der Waals surface area contributed by atoms with E-state index in [9.17, 15) is 9.90 Å². The van der Waals surface area contributed by atoms with Crippen molar-refractivity contribution >= 4 is 5.78 Å². The van der Waals surface area contributed by atoms with Gasteiger partial charge in [0.05, 0.1) is 6.10 Å². The van der Waals surface area contributed by atoms with Crippen LogP contribution in [0.4, 0.5) is 0 Å². The Morgan fingerprint density at radius 1 is 1.22 bits per heavy atom. The van der Waals surface area contributed by atoms with Crippen LogP contribution in [-0.2, 0) is 6.42 Å². The highest BCUT2D eigenvalue weighted by molar-refractivity contribution is 5.98. The number of rotatable bonds is 1. The van der Waals surface area contributed by atoms with Crippen LogP contribution in [0.5, 0.6) is 0 Å². The number of nitrogens with zero attached hydrogens (tertiary/aromatic N) is 1. The highest BCUT2D eigenvalue weighted by atomic mass is 16.3. The van der Waals surface area contributed by atoms with Crippen LogP contribution < -0.4 is 0 Å². The fourth-order valence-corrected chi connectivity index (χ4v) is 3.58. The Hall–Kier alpha value is -1.09. The van der Waals surface area contributed by atoms with Gasteiger partial charge in [0, 0.05) is 29.4 Å². The standard InChI is InChI=1S/C15H21NO2/c1-10-9-13-14(3-2-4-15(13)18)16(10)11-5-7-12(17)8-6-11/h9,11-12,17H,2-8H2,1H3. The number of carbonyl (C=O) groups is 1. The van der Waals surface area contributed by atoms with Crippen LogP contribution in [0.2, 0.25) is 0 Å². The third-order valence-corrected chi connectivity index (χ3v) is 4.48. The maximum atomic E-state index is 11.9. The van der Waals surface area contributed by atoms with Gasteiger partial charge in [-0.25, -0.2) is 0 Å². The van der Waals surface area contributed by atoms with Crippen molar-refractivity contribution in [2.45, 2.75) is 64.0 Å². The van der Waals surface area contributed by atoms with Gasteiger partial charge in [-0.3, -0.25) is 4.79 Å². The first-order valence-electron chi connectivity index (χ1n) is 7.09. The van der Waals surface area contributed by atoms with Crippen molar-refractivity contribution in [3.05, 3.63) is 23.0 Å². The first kappa shape index (κ1) is 12.0. The molecule has 0 bridgehead atoms. The maximum Gasteiger partial charge on any atom is 0.164 e. The summed E-state index contributed by atoms with van der Waals surface area (Å²) in [5.41, 5.74) is 3.44. The number of aromatic nitrogens is 1. The van der Waals surface area contributed by atoms with Gasteiger partial charge in [-0.2, -0.15) is 0 Å². The van der Waals surface area contributed by atoms with E-state index in [0.717, 1.165) is 44.1 Å². The summed E-state index contributed by atoms with van der Waals surface area (Å²) < 4.78 is 2.39. The predicted octanol–water partition coefficient (Wildman–Crippen LogP) is 2.79. The van der Waals surface area contributed by atoms with Gasteiger partial charge in [-0.15, -0.1) is 0 Å². The third-order valence-electron chi connectivity index (χ3n) is 4.48. The van der Waals surface area contributed by atoms with Gasteiger partial charge in [0.1, 0.15) is 0 Å². The minimum Gasteiger partial charge on any atom is -0.393 e. The first-order valence-corrected chi connectivity index (χ1v) is 7.09. The van der Waals surface area contributed by atoms with Crippen molar-refractivity contribution in [3.8, 4) is 0 Å². The fourth-order valence-electron chi connectivity index (χ4n) is 3.58. The molecule has 1 heterocycles. The smallest absolute Gasteiger partial charge is 0.164 e. The molecule has 1 N–H and O–H groups in total. The highest BCUT2D eigenvalue weighted by Gasteiger charge is 2.28. The van der Waals surface area contributed by atoms with E-state index in [2.05, 4.69) is 17.6 Å². The summed E-state index contributed by atoms with van der Waals surface area (Å²) in [5.74, 6) is 0.314. The van der Waals surface area contributed by atoms with Crippen LogP contribution in [0.1, 0.15) is 66.3 Å². The normalized spacial score (nSPS) is 28.2. The zero-order valence-corrected chi connectivity index (χ0v) is 11.0. The Kier molecular flexibility index (Phi) is 3.02. The van der Waals surface area contributed by atoms with Crippen molar-refractivity contribution in [2.24, 2.45) is 0 Å². The Balaban J connectivity index is 1.94. The maximum absolute atomic E-state index is 11.9. The van der Waals surface area contributed by atoms with Crippen LogP contribution >= 0.6 is 0 Å². The van der Waals surface area contributed by atoms with E-state index in [0.29, 0.717) is 18.2 Å². The molecule has 3 rings (SSSR count). The molecule has 0 amide bonds. The van der Waals surface area contributed by atoms with Crippen LogP contribution in [-0.4, -0.2) is 21.6 Å². The van der Waals surface area contributed by atoms with E-state index in [-0.39, 0.29) is 6.10 Å². The molecule has 0 aliphatic heterocycles. The van der Waals surface area contributed by atoms with Gasteiger partial charge < -0.3 is 9.67 Å². The number of ketones is 1. The summed E-state index contributed by atoms with van der Waals surface area (Å²) in [5, 5.41) is 9.61. The second-order valence-corrected chi connectivity index (χ2v) is 5.76. The number of Topliss-reactive ketones (excluding diaryl/α,β-unsaturated/α-hetero) is 1. The van der Waals surface area contributed by atoms with Gasteiger partial charge in [0.15, 0.2) is 5.78 Å². The molecular formula is C15H21NO2.